The molecule has 1 amide bonds. The van der Waals surface area contributed by atoms with Gasteiger partial charge in [0.05, 0.1) is 18.8 Å². The van der Waals surface area contributed by atoms with E-state index in [0.29, 0.717) is 13.0 Å². The molecular weight excluding hydrogens is 306 g/mol. The molecule has 3 rings (SSSR count). The van der Waals surface area contributed by atoms with Gasteiger partial charge < -0.3 is 19.5 Å². The molecule has 1 aromatic carbocycles. The average Bonchev–Trinajstić information content (AvgIpc) is 2.97. The molecule has 2 unspecified atom stereocenters. The van der Waals surface area contributed by atoms with Gasteiger partial charge in [0.1, 0.15) is 5.58 Å². The van der Waals surface area contributed by atoms with E-state index in [1.54, 1.807) is 11.2 Å². The fraction of sp³-hybridized carbons (Fsp3) is 0.526. The molecule has 2 heterocycles. The maximum Gasteiger partial charge on any atom is 0.227 e. The molecule has 1 aliphatic heterocycles. The van der Waals surface area contributed by atoms with Crippen LogP contribution in [0, 0.1) is 26.7 Å². The predicted molar refractivity (Wildman–Crippen MR) is 91.9 cm³/mol. The Morgan fingerprint density at radius 3 is 2.75 bits per heavy atom. The highest BCUT2D eigenvalue weighted by Gasteiger charge is 2.30. The minimum Gasteiger partial charge on any atom is -0.464 e. The van der Waals surface area contributed by atoms with E-state index in [2.05, 4.69) is 13.0 Å². The molecule has 0 aliphatic carbocycles. The lowest BCUT2D eigenvalue weighted by molar-refractivity contribution is -0.135. The monoisotopic (exact) mass is 331 g/mol. The minimum absolute atomic E-state index is 0.00855. The predicted octanol–water partition coefficient (Wildman–Crippen LogP) is 2.10. The Balaban J connectivity index is 1.81. The zero-order valence-corrected chi connectivity index (χ0v) is 14.5. The van der Waals surface area contributed by atoms with Crippen molar-refractivity contribution in [3.63, 3.8) is 0 Å². The van der Waals surface area contributed by atoms with E-state index in [1.165, 1.54) is 5.56 Å². The van der Waals surface area contributed by atoms with Crippen LogP contribution in [0.25, 0.3) is 11.0 Å². The van der Waals surface area contributed by atoms with Gasteiger partial charge >= 0.3 is 0 Å². The summed E-state index contributed by atoms with van der Waals surface area (Å²) in [7, 11) is 0. The normalized spacial score (nSPS) is 21.5. The van der Waals surface area contributed by atoms with Crippen molar-refractivity contribution in [2.24, 2.45) is 5.92 Å². The second kappa shape index (κ2) is 6.57. The first kappa shape index (κ1) is 17.0. The van der Waals surface area contributed by atoms with Gasteiger partial charge in [0, 0.05) is 36.6 Å². The average molecular weight is 331 g/mol. The van der Waals surface area contributed by atoms with Crippen molar-refractivity contribution in [2.75, 3.05) is 19.7 Å². The third-order valence-corrected chi connectivity index (χ3v) is 5.28. The Morgan fingerprint density at radius 1 is 1.33 bits per heavy atom. The van der Waals surface area contributed by atoms with Gasteiger partial charge in [-0.1, -0.05) is 6.07 Å². The molecule has 1 aromatic heterocycles. The number of fused-ring (bicyclic) bond motifs is 1. The number of β-amino-alcohol motifs (C(OH)–C–C–N with tert-alkyl or cyclic N) is 1. The first-order chi connectivity index (χ1) is 11.4. The van der Waals surface area contributed by atoms with E-state index in [1.807, 2.05) is 13.8 Å². The van der Waals surface area contributed by atoms with Crippen molar-refractivity contribution in [1.29, 1.82) is 0 Å². The molecule has 2 atom stereocenters. The number of aliphatic hydroxyl groups excluding tert-OH is 2. The standard InChI is InChI=1S/C19H25NO4/c1-11-6-12(2)18-15(10-24-19(18)13(11)3)7-17(23)20-5-4-14(9-21)16(22)8-20/h6,10,14,16,21-22H,4-5,7-9H2,1-3H3. The molecule has 0 radical (unpaired) electrons. The van der Waals surface area contributed by atoms with E-state index in [4.69, 9.17) is 4.42 Å². The van der Waals surface area contributed by atoms with Crippen molar-refractivity contribution in [2.45, 2.75) is 39.7 Å². The second-order valence-corrected chi connectivity index (χ2v) is 6.92. The maximum absolute atomic E-state index is 12.6. The Bertz CT molecular complexity index is 764. The van der Waals surface area contributed by atoms with Crippen molar-refractivity contribution >= 4 is 16.9 Å². The SMILES string of the molecule is Cc1cc(C)c2c(CC(=O)N3CCC(CO)C(O)C3)coc2c1C. The van der Waals surface area contributed by atoms with Crippen LogP contribution in [0.3, 0.4) is 0 Å². The van der Waals surface area contributed by atoms with Crippen LogP contribution in [0.15, 0.2) is 16.7 Å². The Morgan fingerprint density at radius 2 is 2.08 bits per heavy atom. The highest BCUT2D eigenvalue weighted by molar-refractivity contribution is 5.92. The molecule has 24 heavy (non-hydrogen) atoms. The van der Waals surface area contributed by atoms with Crippen LogP contribution in [0.1, 0.15) is 28.7 Å². The number of aryl methyl sites for hydroxylation is 3. The van der Waals surface area contributed by atoms with Gasteiger partial charge in [-0.2, -0.15) is 0 Å². The Kier molecular flexibility index (Phi) is 4.65. The maximum atomic E-state index is 12.6. The van der Waals surface area contributed by atoms with Gasteiger partial charge in [0.25, 0.3) is 0 Å². The van der Waals surface area contributed by atoms with Crippen molar-refractivity contribution < 1.29 is 19.4 Å². The number of likely N-dealkylation sites (tertiary alicyclic amines) is 1. The first-order valence-corrected chi connectivity index (χ1v) is 8.46. The van der Waals surface area contributed by atoms with Crippen LogP contribution < -0.4 is 0 Å². The number of nitrogens with zero attached hydrogens (tertiary/aromatic N) is 1. The number of hydrogen-bond donors (Lipinski definition) is 2. The Hall–Kier alpha value is -1.85. The summed E-state index contributed by atoms with van der Waals surface area (Å²) in [6.07, 6.45) is 1.93. The quantitative estimate of drug-likeness (QED) is 0.903. The highest BCUT2D eigenvalue weighted by Crippen LogP contribution is 2.30. The number of carbonyl (C=O) groups is 1. The number of hydrogen-bond acceptors (Lipinski definition) is 4. The van der Waals surface area contributed by atoms with E-state index >= 15 is 0 Å². The van der Waals surface area contributed by atoms with Crippen LogP contribution in [0.5, 0.6) is 0 Å². The summed E-state index contributed by atoms with van der Waals surface area (Å²) < 4.78 is 5.73. The zero-order valence-electron chi connectivity index (χ0n) is 14.5. The number of aliphatic hydroxyl groups is 2. The summed E-state index contributed by atoms with van der Waals surface area (Å²) in [4.78, 5) is 14.3. The molecule has 2 N–H and O–H groups in total. The molecular formula is C19H25NO4. The fourth-order valence-electron chi connectivity index (χ4n) is 3.61. The largest absolute Gasteiger partial charge is 0.464 e. The van der Waals surface area contributed by atoms with Crippen LogP contribution in [-0.4, -0.2) is 46.8 Å². The molecule has 1 saturated heterocycles. The molecule has 0 bridgehead atoms. The fourth-order valence-corrected chi connectivity index (χ4v) is 3.61. The van der Waals surface area contributed by atoms with Gasteiger partial charge in [0.2, 0.25) is 5.91 Å². The van der Waals surface area contributed by atoms with Crippen molar-refractivity contribution in [3.05, 3.63) is 34.6 Å². The van der Waals surface area contributed by atoms with E-state index in [9.17, 15) is 15.0 Å². The minimum atomic E-state index is -0.652. The van der Waals surface area contributed by atoms with Gasteiger partial charge in [-0.05, 0) is 43.9 Å². The van der Waals surface area contributed by atoms with Gasteiger partial charge in [-0.15, -0.1) is 0 Å². The number of benzene rings is 1. The topological polar surface area (TPSA) is 73.9 Å². The highest BCUT2D eigenvalue weighted by atomic mass is 16.3. The van der Waals surface area contributed by atoms with Crippen LogP contribution in [0.4, 0.5) is 0 Å². The lowest BCUT2D eigenvalue weighted by atomic mass is 9.94. The third-order valence-electron chi connectivity index (χ3n) is 5.28. The molecule has 5 nitrogen and oxygen atoms in total. The summed E-state index contributed by atoms with van der Waals surface area (Å²) in [6, 6.07) is 2.12. The van der Waals surface area contributed by atoms with Crippen molar-refractivity contribution in [3.8, 4) is 0 Å². The molecule has 5 heteroatoms. The van der Waals surface area contributed by atoms with Crippen LogP contribution in [0.2, 0.25) is 0 Å². The summed E-state index contributed by atoms with van der Waals surface area (Å²) in [5, 5.41) is 20.3. The Labute approximate surface area is 141 Å². The summed E-state index contributed by atoms with van der Waals surface area (Å²) >= 11 is 0. The second-order valence-electron chi connectivity index (χ2n) is 6.92. The number of amides is 1. The van der Waals surface area contributed by atoms with Crippen molar-refractivity contribution in [1.82, 2.24) is 4.90 Å². The van der Waals surface area contributed by atoms with Crippen LogP contribution >= 0.6 is 0 Å². The van der Waals surface area contributed by atoms with E-state index in [-0.39, 0.29) is 31.4 Å². The van der Waals surface area contributed by atoms with E-state index < -0.39 is 6.10 Å². The van der Waals surface area contributed by atoms with Gasteiger partial charge in [-0.3, -0.25) is 4.79 Å². The lowest BCUT2D eigenvalue weighted by Gasteiger charge is -2.35. The molecule has 1 fully saturated rings. The number of furan rings is 1. The molecule has 0 spiro atoms. The zero-order chi connectivity index (χ0) is 17.4. The van der Waals surface area contributed by atoms with E-state index in [0.717, 1.165) is 27.7 Å². The smallest absolute Gasteiger partial charge is 0.227 e. The van der Waals surface area contributed by atoms with Gasteiger partial charge in [-0.25, -0.2) is 0 Å². The first-order valence-electron chi connectivity index (χ1n) is 8.46. The number of carbonyl (C=O) groups excluding carboxylic acids is 1. The summed E-state index contributed by atoms with van der Waals surface area (Å²) in [5.41, 5.74) is 5.15. The molecule has 0 saturated carbocycles. The molecule has 130 valence electrons. The van der Waals surface area contributed by atoms with Crippen LogP contribution in [-0.2, 0) is 11.2 Å². The lowest BCUT2D eigenvalue weighted by Crippen LogP contribution is -2.48. The van der Waals surface area contributed by atoms with Gasteiger partial charge in [0.15, 0.2) is 0 Å². The summed E-state index contributed by atoms with van der Waals surface area (Å²) in [6.45, 7) is 6.96. The third kappa shape index (κ3) is 2.94. The number of rotatable bonds is 3. The molecule has 2 aromatic rings. The number of piperidine rings is 1. The molecule has 1 aliphatic rings. The summed E-state index contributed by atoms with van der Waals surface area (Å²) in [5.74, 6) is -0.137.